The molecule has 8 bridgehead atoms. The van der Waals surface area contributed by atoms with Crippen molar-refractivity contribution in [3.05, 3.63) is 83.7 Å². The maximum Gasteiger partial charge on any atom is 0.223 e. The molecular weight excluding hydrogens is 470 g/mol. The zero-order valence-corrected chi connectivity index (χ0v) is 20.6. The molecule has 10 nitrogen and oxygen atoms in total. The first kappa shape index (κ1) is 23.2. The third kappa shape index (κ3) is 5.18. The van der Waals surface area contributed by atoms with Gasteiger partial charge in [0.15, 0.2) is 0 Å². The minimum absolute atomic E-state index is 0.135. The molecule has 5 heterocycles. The SMILES string of the molecule is O=C(CCCn1cncn1)N1CCc2cc3ccc2C1c1cccc(c1)OCCCn1cc(nn1)CO3. The molecule has 0 N–H and O–H groups in total. The van der Waals surface area contributed by atoms with Crippen LogP contribution in [0.15, 0.2) is 61.3 Å². The monoisotopic (exact) mass is 499 g/mol. The molecule has 2 aromatic carbocycles. The number of fused-ring (bicyclic) bond motifs is 5. The number of carbonyl (C=O) groups is 1. The van der Waals surface area contributed by atoms with Gasteiger partial charge in [-0.3, -0.25) is 14.2 Å². The van der Waals surface area contributed by atoms with Gasteiger partial charge in [0.05, 0.1) is 18.8 Å². The number of amides is 1. The fourth-order valence-electron chi connectivity index (χ4n) is 5.07. The van der Waals surface area contributed by atoms with Crippen LogP contribution in [0.1, 0.15) is 47.7 Å². The lowest BCUT2D eigenvalue weighted by atomic mass is 9.87. The van der Waals surface area contributed by atoms with Gasteiger partial charge < -0.3 is 14.4 Å². The number of hydrogen-bond donors (Lipinski definition) is 0. The number of carbonyl (C=O) groups excluding carboxylic acids is 1. The fourth-order valence-corrected chi connectivity index (χ4v) is 5.07. The summed E-state index contributed by atoms with van der Waals surface area (Å²) in [5.41, 5.74) is 4.14. The van der Waals surface area contributed by atoms with Gasteiger partial charge in [0.25, 0.3) is 0 Å². The molecule has 1 unspecified atom stereocenters. The van der Waals surface area contributed by atoms with E-state index in [0.717, 1.165) is 41.2 Å². The van der Waals surface area contributed by atoms with E-state index in [1.165, 1.54) is 11.9 Å². The maximum atomic E-state index is 13.5. The van der Waals surface area contributed by atoms with Gasteiger partial charge in [0.1, 0.15) is 36.5 Å². The van der Waals surface area contributed by atoms with Crippen LogP contribution in [-0.4, -0.2) is 53.7 Å². The molecule has 0 radical (unpaired) electrons. The lowest BCUT2D eigenvalue weighted by Gasteiger charge is -2.38. The van der Waals surface area contributed by atoms with Gasteiger partial charge in [-0.15, -0.1) is 5.10 Å². The molecule has 37 heavy (non-hydrogen) atoms. The smallest absolute Gasteiger partial charge is 0.223 e. The Kier molecular flexibility index (Phi) is 6.53. The summed E-state index contributed by atoms with van der Waals surface area (Å²) in [4.78, 5) is 19.5. The molecule has 2 aromatic heterocycles. The summed E-state index contributed by atoms with van der Waals surface area (Å²) < 4.78 is 15.7. The predicted molar refractivity (Wildman–Crippen MR) is 134 cm³/mol. The first-order valence-electron chi connectivity index (χ1n) is 12.7. The van der Waals surface area contributed by atoms with E-state index < -0.39 is 0 Å². The molecule has 3 aliphatic rings. The molecule has 190 valence electrons. The number of nitrogens with zero attached hydrogens (tertiary/aromatic N) is 7. The lowest BCUT2D eigenvalue weighted by molar-refractivity contribution is -0.133. The Hall–Kier alpha value is -4.21. The summed E-state index contributed by atoms with van der Waals surface area (Å²) >= 11 is 0. The van der Waals surface area contributed by atoms with Crippen LogP contribution in [0, 0.1) is 0 Å². The van der Waals surface area contributed by atoms with Crippen LogP contribution in [0.2, 0.25) is 0 Å². The third-order valence-corrected chi connectivity index (χ3v) is 6.85. The Morgan fingerprint density at radius 2 is 2.03 bits per heavy atom. The van der Waals surface area contributed by atoms with E-state index in [1.807, 2.05) is 34.0 Å². The molecule has 0 saturated carbocycles. The molecule has 4 aromatic rings. The van der Waals surface area contributed by atoms with Crippen LogP contribution < -0.4 is 9.47 Å². The highest BCUT2D eigenvalue weighted by atomic mass is 16.5. The second kappa shape index (κ2) is 10.4. The van der Waals surface area contributed by atoms with E-state index in [2.05, 4.69) is 44.7 Å². The molecule has 0 saturated heterocycles. The van der Waals surface area contributed by atoms with Crippen molar-refractivity contribution < 1.29 is 14.3 Å². The van der Waals surface area contributed by atoms with E-state index in [-0.39, 0.29) is 11.9 Å². The number of aryl methyl sites for hydroxylation is 2. The Labute approximate surface area is 214 Å². The van der Waals surface area contributed by atoms with Crippen LogP contribution in [0.3, 0.4) is 0 Å². The zero-order chi connectivity index (χ0) is 25.0. The summed E-state index contributed by atoms with van der Waals surface area (Å²) in [5.74, 6) is 1.73. The standard InChI is InChI=1S/C27H29N7O3/c35-26(6-2-10-33-19-28-18-29-33)34-12-9-20-14-24-7-8-25(20)27(34)21-4-1-5-23(15-21)36-13-3-11-32-16-22(17-37-24)30-31-32/h1,4-5,7-8,14-16,18-19,27H,2-3,6,9-13,17H2. The molecule has 0 spiro atoms. The van der Waals surface area contributed by atoms with Crippen LogP contribution in [-0.2, 0) is 30.9 Å². The Morgan fingerprint density at radius 1 is 1.08 bits per heavy atom. The van der Waals surface area contributed by atoms with Crippen molar-refractivity contribution in [1.29, 1.82) is 0 Å². The predicted octanol–water partition coefficient (Wildman–Crippen LogP) is 3.19. The van der Waals surface area contributed by atoms with Crippen LogP contribution >= 0.6 is 0 Å². The minimum atomic E-state index is -0.186. The second-order valence-electron chi connectivity index (χ2n) is 9.40. The zero-order valence-electron chi connectivity index (χ0n) is 20.6. The van der Waals surface area contributed by atoms with Gasteiger partial charge in [-0.05, 0) is 53.8 Å². The highest BCUT2D eigenvalue weighted by molar-refractivity contribution is 5.78. The van der Waals surface area contributed by atoms with Gasteiger partial charge in [-0.1, -0.05) is 23.4 Å². The van der Waals surface area contributed by atoms with E-state index in [0.29, 0.717) is 45.7 Å². The average Bonchev–Trinajstić information content (AvgIpc) is 3.61. The number of hydrogen-bond acceptors (Lipinski definition) is 7. The summed E-state index contributed by atoms with van der Waals surface area (Å²) in [6, 6.07) is 14.1. The molecule has 1 amide bonds. The molecule has 1 atom stereocenters. The summed E-state index contributed by atoms with van der Waals surface area (Å²) in [6.45, 7) is 2.94. The van der Waals surface area contributed by atoms with Gasteiger partial charge >= 0.3 is 0 Å². The van der Waals surface area contributed by atoms with E-state index in [9.17, 15) is 4.79 Å². The van der Waals surface area contributed by atoms with Crippen LogP contribution in [0.25, 0.3) is 0 Å². The largest absolute Gasteiger partial charge is 0.494 e. The number of aromatic nitrogens is 6. The maximum absolute atomic E-state index is 13.5. The van der Waals surface area contributed by atoms with Crippen molar-refractivity contribution in [2.75, 3.05) is 13.2 Å². The minimum Gasteiger partial charge on any atom is -0.494 e. The Bertz CT molecular complexity index is 1370. The van der Waals surface area contributed by atoms with Crippen LogP contribution in [0.5, 0.6) is 11.5 Å². The molecule has 3 aliphatic heterocycles. The molecular formula is C27H29N7O3. The van der Waals surface area contributed by atoms with Crippen molar-refractivity contribution in [3.8, 4) is 11.5 Å². The summed E-state index contributed by atoms with van der Waals surface area (Å²) in [7, 11) is 0. The Morgan fingerprint density at radius 3 is 2.95 bits per heavy atom. The van der Waals surface area contributed by atoms with Crippen molar-refractivity contribution in [3.63, 3.8) is 0 Å². The van der Waals surface area contributed by atoms with Gasteiger partial charge in [-0.25, -0.2) is 4.98 Å². The van der Waals surface area contributed by atoms with Gasteiger partial charge in [-0.2, -0.15) is 5.10 Å². The normalized spacial score (nSPS) is 17.1. The summed E-state index contributed by atoms with van der Waals surface area (Å²) in [6.07, 6.45) is 7.83. The quantitative estimate of drug-likeness (QED) is 0.425. The topological polar surface area (TPSA) is 100 Å². The number of ether oxygens (including phenoxy) is 2. The molecule has 10 heteroatoms. The van der Waals surface area contributed by atoms with Gasteiger partial charge in [0.2, 0.25) is 5.91 Å². The van der Waals surface area contributed by atoms with Gasteiger partial charge in [0, 0.05) is 32.5 Å². The van der Waals surface area contributed by atoms with Crippen molar-refractivity contribution in [2.24, 2.45) is 0 Å². The van der Waals surface area contributed by atoms with Crippen molar-refractivity contribution in [1.82, 2.24) is 34.7 Å². The lowest BCUT2D eigenvalue weighted by Crippen LogP contribution is -2.40. The number of rotatable bonds is 4. The Balaban J connectivity index is 1.30. The average molecular weight is 500 g/mol. The van der Waals surface area contributed by atoms with E-state index >= 15 is 0 Å². The second-order valence-corrected chi connectivity index (χ2v) is 9.40. The fraction of sp³-hybridized carbons (Fsp3) is 0.370. The highest BCUT2D eigenvalue weighted by Gasteiger charge is 2.32. The summed E-state index contributed by atoms with van der Waals surface area (Å²) in [5, 5.41) is 12.6. The number of benzene rings is 2. The van der Waals surface area contributed by atoms with Crippen molar-refractivity contribution >= 4 is 5.91 Å². The van der Waals surface area contributed by atoms with Crippen molar-refractivity contribution in [2.45, 2.75) is 51.4 Å². The molecule has 0 fully saturated rings. The highest BCUT2D eigenvalue weighted by Crippen LogP contribution is 2.38. The molecule has 7 rings (SSSR count). The molecule has 0 aliphatic carbocycles. The van der Waals surface area contributed by atoms with E-state index in [1.54, 1.807) is 11.0 Å². The van der Waals surface area contributed by atoms with Crippen LogP contribution in [0.4, 0.5) is 0 Å². The third-order valence-electron chi connectivity index (χ3n) is 6.85. The first-order valence-corrected chi connectivity index (χ1v) is 12.7. The first-order chi connectivity index (χ1) is 18.2. The van der Waals surface area contributed by atoms with E-state index in [4.69, 9.17) is 9.47 Å².